The summed E-state index contributed by atoms with van der Waals surface area (Å²) in [4.78, 5) is 24.0. The van der Waals surface area contributed by atoms with E-state index < -0.39 is 5.41 Å². The summed E-state index contributed by atoms with van der Waals surface area (Å²) in [6, 6.07) is 8.02. The fourth-order valence-corrected chi connectivity index (χ4v) is 4.48. The van der Waals surface area contributed by atoms with E-state index >= 15 is 0 Å². The number of aromatic nitrogens is 4. The maximum Gasteiger partial charge on any atom is 0.254 e. The lowest BCUT2D eigenvalue weighted by Gasteiger charge is -2.26. The normalized spacial score (nSPS) is 21.6. The van der Waals surface area contributed by atoms with Crippen LogP contribution < -0.4 is 10.2 Å². The first-order valence-corrected chi connectivity index (χ1v) is 8.99. The van der Waals surface area contributed by atoms with Crippen molar-refractivity contribution in [1.29, 1.82) is 0 Å². The quantitative estimate of drug-likeness (QED) is 0.767. The van der Waals surface area contributed by atoms with Gasteiger partial charge in [0.2, 0.25) is 5.91 Å². The lowest BCUT2D eigenvalue weighted by Crippen LogP contribution is -2.38. The number of benzene rings is 1. The number of hydrogen-bond acceptors (Lipinski definition) is 5. The van der Waals surface area contributed by atoms with Crippen molar-refractivity contribution in [2.24, 2.45) is 0 Å². The number of carbonyl (C=O) groups is 1. The highest BCUT2D eigenvalue weighted by molar-refractivity contribution is 6.07. The highest BCUT2D eigenvalue weighted by Crippen LogP contribution is 2.45. The van der Waals surface area contributed by atoms with E-state index in [4.69, 9.17) is 0 Å². The van der Waals surface area contributed by atoms with Crippen molar-refractivity contribution in [3.8, 4) is 0 Å². The van der Waals surface area contributed by atoms with E-state index in [0.717, 1.165) is 47.7 Å². The van der Waals surface area contributed by atoms with Gasteiger partial charge in [-0.05, 0) is 31.4 Å². The molecule has 1 fully saturated rings. The Kier molecular flexibility index (Phi) is 3.10. The van der Waals surface area contributed by atoms with Crippen LogP contribution >= 0.6 is 0 Å². The van der Waals surface area contributed by atoms with Gasteiger partial charge in [0.25, 0.3) is 5.78 Å². The second-order valence-corrected chi connectivity index (χ2v) is 7.08. The fourth-order valence-electron chi connectivity index (χ4n) is 4.48. The van der Waals surface area contributed by atoms with E-state index in [0.29, 0.717) is 12.3 Å². The summed E-state index contributed by atoms with van der Waals surface area (Å²) in [5, 5.41) is 7.45. The molecule has 0 bridgehead atoms. The molecule has 0 saturated carbocycles. The molecular formula is C19H20N6O. The van der Waals surface area contributed by atoms with Gasteiger partial charge in [-0.15, -0.1) is 0 Å². The predicted octanol–water partition coefficient (Wildman–Crippen LogP) is 2.10. The molecule has 1 unspecified atom stereocenters. The Hall–Kier alpha value is -2.96. The first-order valence-electron chi connectivity index (χ1n) is 8.99. The van der Waals surface area contributed by atoms with Crippen molar-refractivity contribution in [3.05, 3.63) is 47.4 Å². The van der Waals surface area contributed by atoms with Gasteiger partial charge in [0.15, 0.2) is 0 Å². The van der Waals surface area contributed by atoms with Crippen molar-refractivity contribution in [3.63, 3.8) is 0 Å². The van der Waals surface area contributed by atoms with Crippen LogP contribution in [0, 0.1) is 6.92 Å². The molecule has 1 spiro atoms. The molecule has 1 saturated heterocycles. The van der Waals surface area contributed by atoms with Gasteiger partial charge in [-0.2, -0.15) is 14.6 Å². The number of nitrogens with one attached hydrogen (secondary N) is 1. The molecule has 2 aliphatic heterocycles. The van der Waals surface area contributed by atoms with Crippen LogP contribution in [-0.4, -0.2) is 38.6 Å². The second-order valence-electron chi connectivity index (χ2n) is 7.08. The van der Waals surface area contributed by atoms with Gasteiger partial charge in [-0.3, -0.25) is 4.79 Å². The number of amides is 1. The molecule has 3 aromatic rings. The molecule has 1 atom stereocenters. The zero-order chi connectivity index (χ0) is 17.9. The van der Waals surface area contributed by atoms with E-state index in [9.17, 15) is 4.79 Å². The number of rotatable bonds is 2. The highest BCUT2D eigenvalue weighted by Gasteiger charge is 2.51. The largest absolute Gasteiger partial charge is 0.355 e. The number of para-hydroxylation sites is 1. The predicted molar refractivity (Wildman–Crippen MR) is 98.5 cm³/mol. The summed E-state index contributed by atoms with van der Waals surface area (Å²) in [7, 11) is 0. The molecule has 1 aromatic carbocycles. The zero-order valence-corrected chi connectivity index (χ0v) is 14.9. The Balaban J connectivity index is 1.64. The lowest BCUT2D eigenvalue weighted by molar-refractivity contribution is -0.120. The van der Waals surface area contributed by atoms with Gasteiger partial charge in [0, 0.05) is 30.0 Å². The number of carbonyl (C=O) groups excluding carboxylic acids is 1. The van der Waals surface area contributed by atoms with Crippen molar-refractivity contribution in [2.75, 3.05) is 23.3 Å². The zero-order valence-electron chi connectivity index (χ0n) is 14.9. The van der Waals surface area contributed by atoms with Gasteiger partial charge in [0.1, 0.15) is 12.1 Å². The van der Waals surface area contributed by atoms with Crippen LogP contribution in [0.2, 0.25) is 0 Å². The van der Waals surface area contributed by atoms with Gasteiger partial charge >= 0.3 is 0 Å². The van der Waals surface area contributed by atoms with Crippen LogP contribution in [0.3, 0.4) is 0 Å². The third kappa shape index (κ3) is 1.88. The number of aryl methyl sites for hydroxylation is 1. The topological polar surface area (TPSA) is 75.4 Å². The standard InChI is InChI=1S/C19H20N6O/c1-3-13-12(2)22-18-20-11-21-25(18)16(13)24-9-8-19(10-24)14-6-4-5-7-15(14)23-17(19)26/h4-7,11H,3,8-10H2,1-2H3,(H,23,26). The van der Waals surface area contributed by atoms with E-state index in [2.05, 4.69) is 38.3 Å². The molecule has 0 radical (unpaired) electrons. The van der Waals surface area contributed by atoms with Gasteiger partial charge in [-0.25, -0.2) is 4.98 Å². The third-order valence-electron chi connectivity index (χ3n) is 5.75. The van der Waals surface area contributed by atoms with E-state index in [1.165, 1.54) is 6.33 Å². The minimum absolute atomic E-state index is 0.0971. The average Bonchev–Trinajstić information content (AvgIpc) is 3.34. The van der Waals surface area contributed by atoms with E-state index in [1.54, 1.807) is 0 Å². The Morgan fingerprint density at radius 1 is 1.31 bits per heavy atom. The molecule has 5 rings (SSSR count). The summed E-state index contributed by atoms with van der Waals surface area (Å²) in [5.74, 6) is 1.72. The van der Waals surface area contributed by atoms with Crippen molar-refractivity contribution in [2.45, 2.75) is 32.1 Å². The SMILES string of the molecule is CCc1c(C)nc2ncnn2c1N1CCC2(C1)C(=O)Nc1ccccc12. The molecule has 0 aliphatic carbocycles. The molecule has 26 heavy (non-hydrogen) atoms. The third-order valence-corrected chi connectivity index (χ3v) is 5.75. The summed E-state index contributed by atoms with van der Waals surface area (Å²) >= 11 is 0. The first kappa shape index (κ1) is 15.3. The van der Waals surface area contributed by atoms with Crippen LogP contribution in [-0.2, 0) is 16.6 Å². The average molecular weight is 348 g/mol. The van der Waals surface area contributed by atoms with Crippen LogP contribution in [0.5, 0.6) is 0 Å². The number of nitrogens with zero attached hydrogens (tertiary/aromatic N) is 5. The first-order chi connectivity index (χ1) is 12.6. The smallest absolute Gasteiger partial charge is 0.254 e. The number of anilines is 2. The molecule has 1 amide bonds. The minimum Gasteiger partial charge on any atom is -0.355 e. The molecular weight excluding hydrogens is 328 g/mol. The maximum absolute atomic E-state index is 12.9. The van der Waals surface area contributed by atoms with Crippen molar-refractivity contribution < 1.29 is 4.79 Å². The molecule has 2 aromatic heterocycles. The Morgan fingerprint density at radius 2 is 2.15 bits per heavy atom. The van der Waals surface area contributed by atoms with Gasteiger partial charge < -0.3 is 10.2 Å². The molecule has 2 aliphatic rings. The Morgan fingerprint density at radius 3 is 3.00 bits per heavy atom. The Labute approximate surface area is 151 Å². The number of fused-ring (bicyclic) bond motifs is 3. The summed E-state index contributed by atoms with van der Waals surface area (Å²) in [6.45, 7) is 5.58. The highest BCUT2D eigenvalue weighted by atomic mass is 16.2. The molecule has 7 nitrogen and oxygen atoms in total. The maximum atomic E-state index is 12.9. The van der Waals surface area contributed by atoms with Crippen molar-refractivity contribution in [1.82, 2.24) is 19.6 Å². The second kappa shape index (κ2) is 5.27. The molecule has 132 valence electrons. The Bertz CT molecular complexity index is 1040. The summed E-state index contributed by atoms with van der Waals surface area (Å²) in [6.07, 6.45) is 3.18. The van der Waals surface area contributed by atoms with Crippen LogP contribution in [0.15, 0.2) is 30.6 Å². The van der Waals surface area contributed by atoms with Crippen LogP contribution in [0.1, 0.15) is 30.2 Å². The molecule has 7 heteroatoms. The lowest BCUT2D eigenvalue weighted by atomic mass is 9.81. The minimum atomic E-state index is -0.494. The number of hydrogen-bond donors (Lipinski definition) is 1. The van der Waals surface area contributed by atoms with Crippen LogP contribution in [0.4, 0.5) is 11.5 Å². The summed E-state index contributed by atoms with van der Waals surface area (Å²) in [5.41, 5.74) is 3.68. The molecule has 4 heterocycles. The van der Waals surface area contributed by atoms with Gasteiger partial charge in [0.05, 0.1) is 5.41 Å². The van der Waals surface area contributed by atoms with E-state index in [1.807, 2.05) is 29.6 Å². The van der Waals surface area contributed by atoms with Crippen molar-refractivity contribution >= 4 is 23.2 Å². The van der Waals surface area contributed by atoms with E-state index in [-0.39, 0.29) is 5.91 Å². The van der Waals surface area contributed by atoms with Crippen LogP contribution in [0.25, 0.3) is 5.78 Å². The summed E-state index contributed by atoms with van der Waals surface area (Å²) < 4.78 is 1.81. The fraction of sp³-hybridized carbons (Fsp3) is 0.368. The monoisotopic (exact) mass is 348 g/mol. The molecule has 1 N–H and O–H groups in total. The van der Waals surface area contributed by atoms with Gasteiger partial charge in [-0.1, -0.05) is 25.1 Å².